The van der Waals surface area contributed by atoms with E-state index in [0.29, 0.717) is 5.69 Å². The Kier molecular flexibility index (Phi) is 5.18. The van der Waals surface area contributed by atoms with Crippen LogP contribution in [0.3, 0.4) is 0 Å². The first-order valence-corrected chi connectivity index (χ1v) is 8.45. The predicted octanol–water partition coefficient (Wildman–Crippen LogP) is 2.74. The first-order valence-electron chi connectivity index (χ1n) is 8.45. The number of nitrogens with zero attached hydrogens (tertiary/aromatic N) is 2. The summed E-state index contributed by atoms with van der Waals surface area (Å²) in [6.07, 6.45) is 1.60. The van der Waals surface area contributed by atoms with Crippen LogP contribution in [-0.4, -0.2) is 33.6 Å². The van der Waals surface area contributed by atoms with Crippen LogP contribution >= 0.6 is 0 Å². The Morgan fingerprint density at radius 2 is 1.88 bits per heavy atom. The Balaban J connectivity index is 2.45. The third-order valence-electron chi connectivity index (χ3n) is 4.34. The SMILES string of the molecule is CC(C)(C)OC(=O)[C@@H]1N[C@H](c2ccccn2)[C@H]([N+](=O)[O-])[C@H]1C(C)(C)C. The Hall–Kier alpha value is -2.02. The lowest BCUT2D eigenvalue weighted by atomic mass is 9.73. The number of nitrogens with one attached hydrogen (secondary N) is 1. The van der Waals surface area contributed by atoms with Crippen molar-refractivity contribution < 1.29 is 14.5 Å². The van der Waals surface area contributed by atoms with Crippen LogP contribution in [0.5, 0.6) is 0 Å². The average Bonchev–Trinajstić information content (AvgIpc) is 2.87. The lowest BCUT2D eigenvalue weighted by Crippen LogP contribution is -2.46. The number of carbonyl (C=O) groups is 1. The topological polar surface area (TPSA) is 94.4 Å². The zero-order valence-corrected chi connectivity index (χ0v) is 15.6. The third-order valence-corrected chi connectivity index (χ3v) is 4.34. The average molecular weight is 349 g/mol. The van der Waals surface area contributed by atoms with Crippen LogP contribution in [0.1, 0.15) is 53.3 Å². The van der Waals surface area contributed by atoms with Gasteiger partial charge in [-0.3, -0.25) is 25.2 Å². The van der Waals surface area contributed by atoms with Crippen molar-refractivity contribution in [3.05, 3.63) is 40.2 Å². The molecule has 1 aromatic heterocycles. The highest BCUT2D eigenvalue weighted by Crippen LogP contribution is 2.43. The van der Waals surface area contributed by atoms with E-state index in [1.807, 2.05) is 20.8 Å². The number of hydrogen-bond acceptors (Lipinski definition) is 6. The van der Waals surface area contributed by atoms with E-state index in [-0.39, 0.29) is 4.92 Å². The first kappa shape index (κ1) is 19.3. The molecular weight excluding hydrogens is 322 g/mol. The van der Waals surface area contributed by atoms with E-state index >= 15 is 0 Å². The third kappa shape index (κ3) is 4.34. The van der Waals surface area contributed by atoms with Gasteiger partial charge in [-0.15, -0.1) is 0 Å². The van der Waals surface area contributed by atoms with Gasteiger partial charge in [0, 0.05) is 11.1 Å². The molecule has 7 heteroatoms. The van der Waals surface area contributed by atoms with Crippen molar-refractivity contribution in [1.29, 1.82) is 0 Å². The van der Waals surface area contributed by atoms with Gasteiger partial charge in [0.15, 0.2) is 0 Å². The quantitative estimate of drug-likeness (QED) is 0.512. The van der Waals surface area contributed by atoms with Crippen molar-refractivity contribution in [3.63, 3.8) is 0 Å². The van der Waals surface area contributed by atoms with Gasteiger partial charge < -0.3 is 4.74 Å². The van der Waals surface area contributed by atoms with E-state index in [2.05, 4.69) is 10.3 Å². The summed E-state index contributed by atoms with van der Waals surface area (Å²) >= 11 is 0. The molecule has 2 heterocycles. The lowest BCUT2D eigenvalue weighted by molar-refractivity contribution is -0.535. The molecule has 0 bridgehead atoms. The van der Waals surface area contributed by atoms with Gasteiger partial charge >= 0.3 is 5.97 Å². The number of hydrogen-bond donors (Lipinski definition) is 1. The van der Waals surface area contributed by atoms with E-state index in [1.54, 1.807) is 45.2 Å². The van der Waals surface area contributed by atoms with Gasteiger partial charge in [0.05, 0.1) is 11.6 Å². The molecule has 1 aliphatic rings. The summed E-state index contributed by atoms with van der Waals surface area (Å²) < 4.78 is 5.51. The number of rotatable bonds is 3. The molecule has 0 aliphatic carbocycles. The second-order valence-corrected chi connectivity index (χ2v) is 8.58. The molecule has 0 amide bonds. The molecule has 0 unspecified atom stereocenters. The molecule has 1 aromatic rings. The van der Waals surface area contributed by atoms with Crippen LogP contribution in [0.4, 0.5) is 0 Å². The van der Waals surface area contributed by atoms with Crippen LogP contribution in [-0.2, 0) is 9.53 Å². The highest BCUT2D eigenvalue weighted by Gasteiger charge is 2.59. The maximum Gasteiger partial charge on any atom is 0.324 e. The second-order valence-electron chi connectivity index (χ2n) is 8.58. The number of aromatic nitrogens is 1. The molecule has 7 nitrogen and oxygen atoms in total. The van der Waals surface area contributed by atoms with Crippen LogP contribution < -0.4 is 5.32 Å². The van der Waals surface area contributed by atoms with Gasteiger partial charge in [-0.05, 0) is 38.3 Å². The molecule has 0 aromatic carbocycles. The summed E-state index contributed by atoms with van der Waals surface area (Å²) in [6.45, 7) is 11.1. The maximum absolute atomic E-state index is 12.7. The number of esters is 1. The Bertz CT molecular complexity index is 634. The number of ether oxygens (including phenoxy) is 1. The summed E-state index contributed by atoms with van der Waals surface area (Å²) in [6, 6.07) is 2.91. The van der Waals surface area contributed by atoms with Crippen molar-refractivity contribution in [2.75, 3.05) is 0 Å². The van der Waals surface area contributed by atoms with Crippen molar-refractivity contribution in [3.8, 4) is 0 Å². The van der Waals surface area contributed by atoms with E-state index in [4.69, 9.17) is 4.74 Å². The molecule has 1 fully saturated rings. The molecule has 0 spiro atoms. The normalized spacial score (nSPS) is 27.1. The fourth-order valence-electron chi connectivity index (χ4n) is 3.47. The number of nitro groups is 1. The Labute approximate surface area is 148 Å². The monoisotopic (exact) mass is 349 g/mol. The van der Waals surface area contributed by atoms with Crippen LogP contribution in [0, 0.1) is 21.4 Å². The minimum atomic E-state index is -0.965. The number of pyridine rings is 1. The van der Waals surface area contributed by atoms with Crippen molar-refractivity contribution in [2.24, 2.45) is 11.3 Å². The van der Waals surface area contributed by atoms with E-state index in [1.165, 1.54) is 0 Å². The van der Waals surface area contributed by atoms with Crippen LogP contribution in [0.15, 0.2) is 24.4 Å². The van der Waals surface area contributed by atoms with E-state index in [0.717, 1.165) is 0 Å². The standard InChI is InChI=1S/C18H27N3O4/c1-17(2,3)12-14(16(22)25-18(4,5)6)20-13(15(12)21(23)24)11-9-7-8-10-19-11/h7-10,12-15,20H,1-6H3/t12-,13+,14+,15+/m0/s1. The molecule has 138 valence electrons. The predicted molar refractivity (Wildman–Crippen MR) is 93.5 cm³/mol. The largest absolute Gasteiger partial charge is 0.459 e. The summed E-state index contributed by atoms with van der Waals surface area (Å²) in [5, 5.41) is 15.0. The lowest BCUT2D eigenvalue weighted by Gasteiger charge is -2.32. The van der Waals surface area contributed by atoms with Crippen LogP contribution in [0.25, 0.3) is 0 Å². The smallest absolute Gasteiger partial charge is 0.324 e. The van der Waals surface area contributed by atoms with Crippen molar-refractivity contribution in [1.82, 2.24) is 10.3 Å². The van der Waals surface area contributed by atoms with Gasteiger partial charge in [0.25, 0.3) is 0 Å². The summed E-state index contributed by atoms with van der Waals surface area (Å²) in [5.74, 6) is -0.984. The molecule has 1 saturated heterocycles. The maximum atomic E-state index is 12.7. The highest BCUT2D eigenvalue weighted by molar-refractivity contribution is 5.77. The van der Waals surface area contributed by atoms with E-state index < -0.39 is 41.0 Å². The van der Waals surface area contributed by atoms with Crippen LogP contribution in [0.2, 0.25) is 0 Å². The highest BCUT2D eigenvalue weighted by atomic mass is 16.6. The van der Waals surface area contributed by atoms with Crippen molar-refractivity contribution in [2.45, 2.75) is 65.3 Å². The molecule has 1 aliphatic heterocycles. The fourth-order valence-corrected chi connectivity index (χ4v) is 3.47. The molecule has 25 heavy (non-hydrogen) atoms. The Morgan fingerprint density at radius 1 is 1.24 bits per heavy atom. The van der Waals surface area contributed by atoms with Gasteiger partial charge in [0.2, 0.25) is 6.04 Å². The minimum absolute atomic E-state index is 0.299. The van der Waals surface area contributed by atoms with Gasteiger partial charge in [0.1, 0.15) is 17.7 Å². The zero-order chi connectivity index (χ0) is 19.0. The fraction of sp³-hybridized carbons (Fsp3) is 0.667. The van der Waals surface area contributed by atoms with Gasteiger partial charge in [-0.1, -0.05) is 26.8 Å². The Morgan fingerprint density at radius 3 is 2.32 bits per heavy atom. The van der Waals surface area contributed by atoms with E-state index in [9.17, 15) is 14.9 Å². The minimum Gasteiger partial charge on any atom is -0.459 e. The molecule has 0 radical (unpaired) electrons. The first-order chi connectivity index (χ1) is 11.4. The molecule has 1 N–H and O–H groups in total. The molecule has 2 rings (SSSR count). The summed E-state index contributed by atoms with van der Waals surface area (Å²) in [5.41, 5.74) is -0.561. The molecule has 0 saturated carbocycles. The second kappa shape index (κ2) is 6.71. The summed E-state index contributed by atoms with van der Waals surface area (Å²) in [4.78, 5) is 28.6. The summed E-state index contributed by atoms with van der Waals surface area (Å²) in [7, 11) is 0. The number of carbonyl (C=O) groups excluding carboxylic acids is 1. The van der Waals surface area contributed by atoms with Gasteiger partial charge in [-0.2, -0.15) is 0 Å². The van der Waals surface area contributed by atoms with Gasteiger partial charge in [-0.25, -0.2) is 0 Å². The molecule has 4 atom stereocenters. The molecular formula is C18H27N3O4. The van der Waals surface area contributed by atoms with Crippen molar-refractivity contribution >= 4 is 5.97 Å². The zero-order valence-electron chi connectivity index (χ0n) is 15.6.